The number of hydrogen-bond acceptors (Lipinski definition) is 3. The van der Waals surface area contributed by atoms with Crippen LogP contribution >= 0.6 is 0 Å². The van der Waals surface area contributed by atoms with E-state index >= 15 is 0 Å². The lowest BCUT2D eigenvalue weighted by Gasteiger charge is -2.32. The Morgan fingerprint density at radius 1 is 1.16 bits per heavy atom. The maximum atomic E-state index is 13.6. The van der Waals surface area contributed by atoms with Gasteiger partial charge in [0.05, 0.1) is 5.25 Å². The number of piperidine rings is 1. The summed E-state index contributed by atoms with van der Waals surface area (Å²) in [5.41, 5.74) is -0.714. The smallest absolute Gasteiger partial charge is 0.322 e. The van der Waals surface area contributed by atoms with Crippen LogP contribution in [0.3, 0.4) is 0 Å². The molecule has 1 saturated heterocycles. The molecule has 0 saturated carbocycles. The number of benzene rings is 1. The Kier molecular flexibility index (Phi) is 5.94. The Bertz CT molecular complexity index is 725. The third-order valence-electron chi connectivity index (χ3n) is 3.97. The molecule has 2 rings (SSSR count). The van der Waals surface area contributed by atoms with Crippen molar-refractivity contribution < 1.29 is 26.4 Å². The van der Waals surface area contributed by atoms with Crippen LogP contribution in [0.25, 0.3) is 0 Å². The molecule has 1 aromatic rings. The van der Waals surface area contributed by atoms with Gasteiger partial charge in [-0.25, -0.2) is 31.1 Å². The third kappa shape index (κ3) is 4.85. The van der Waals surface area contributed by atoms with Crippen molar-refractivity contribution in [3.05, 3.63) is 29.6 Å². The second-order valence-electron chi connectivity index (χ2n) is 6.15. The molecule has 10 heteroatoms. The summed E-state index contributed by atoms with van der Waals surface area (Å²) in [5.74, 6) is -3.48. The van der Waals surface area contributed by atoms with Gasteiger partial charge < -0.3 is 10.2 Å². The Morgan fingerprint density at radius 3 is 2.16 bits per heavy atom. The SMILES string of the molecule is CC(C)S(=O)(=O)NC1CCN(C(=O)Nc2c(F)cc(F)cc2F)CC1. The number of carbonyl (C=O) groups is 1. The van der Waals surface area contributed by atoms with Gasteiger partial charge in [0, 0.05) is 31.3 Å². The fourth-order valence-corrected chi connectivity index (χ4v) is 3.39. The Morgan fingerprint density at radius 2 is 1.68 bits per heavy atom. The van der Waals surface area contributed by atoms with Crippen LogP contribution < -0.4 is 10.0 Å². The molecule has 1 heterocycles. The first kappa shape index (κ1) is 19.5. The van der Waals surface area contributed by atoms with E-state index in [0.29, 0.717) is 25.0 Å². The highest BCUT2D eigenvalue weighted by Gasteiger charge is 2.28. The standard InChI is InChI=1S/C15H20F3N3O3S/c1-9(2)25(23,24)20-11-3-5-21(6-4-11)15(22)19-14-12(17)7-10(16)8-13(14)18/h7-9,11,20H,3-6H2,1-2H3,(H,19,22). The van der Waals surface area contributed by atoms with Crippen molar-refractivity contribution in [2.45, 2.75) is 38.0 Å². The van der Waals surface area contributed by atoms with Crippen LogP contribution in [0.4, 0.5) is 23.7 Å². The number of likely N-dealkylation sites (tertiary alicyclic amines) is 1. The van der Waals surface area contributed by atoms with Crippen LogP contribution in [0, 0.1) is 17.5 Å². The summed E-state index contributed by atoms with van der Waals surface area (Å²) in [6.07, 6.45) is 0.765. The predicted octanol–water partition coefficient (Wildman–Crippen LogP) is 2.43. The molecule has 2 amide bonds. The number of halogens is 3. The number of hydrogen-bond donors (Lipinski definition) is 2. The number of urea groups is 1. The van der Waals surface area contributed by atoms with Crippen molar-refractivity contribution in [1.82, 2.24) is 9.62 Å². The van der Waals surface area contributed by atoms with Gasteiger partial charge in [-0.1, -0.05) is 0 Å². The van der Waals surface area contributed by atoms with Gasteiger partial charge in [0.1, 0.15) is 11.5 Å². The first-order valence-corrected chi connectivity index (χ1v) is 9.36. The lowest BCUT2D eigenvalue weighted by Crippen LogP contribution is -2.48. The first-order chi connectivity index (χ1) is 11.6. The second-order valence-corrected chi connectivity index (χ2v) is 8.42. The number of amides is 2. The highest BCUT2D eigenvalue weighted by molar-refractivity contribution is 7.90. The lowest BCUT2D eigenvalue weighted by atomic mass is 10.1. The van der Waals surface area contributed by atoms with Crippen molar-refractivity contribution in [2.24, 2.45) is 0 Å². The summed E-state index contributed by atoms with van der Waals surface area (Å²) < 4.78 is 66.3. The van der Waals surface area contributed by atoms with Crippen LogP contribution in [0.2, 0.25) is 0 Å². The molecule has 1 aliphatic rings. The largest absolute Gasteiger partial charge is 0.324 e. The maximum Gasteiger partial charge on any atom is 0.322 e. The van der Waals surface area contributed by atoms with E-state index in [2.05, 4.69) is 10.0 Å². The van der Waals surface area contributed by atoms with E-state index in [1.54, 1.807) is 13.8 Å². The summed E-state index contributed by atoms with van der Waals surface area (Å²) in [6.45, 7) is 3.58. The highest BCUT2D eigenvalue weighted by Crippen LogP contribution is 2.21. The number of anilines is 1. The molecule has 1 aliphatic heterocycles. The molecule has 0 atom stereocenters. The van der Waals surface area contributed by atoms with E-state index in [9.17, 15) is 26.4 Å². The predicted molar refractivity (Wildman–Crippen MR) is 87.1 cm³/mol. The van der Waals surface area contributed by atoms with Crippen molar-refractivity contribution >= 4 is 21.7 Å². The van der Waals surface area contributed by atoms with Gasteiger partial charge in [-0.15, -0.1) is 0 Å². The molecule has 140 valence electrons. The highest BCUT2D eigenvalue weighted by atomic mass is 32.2. The molecule has 25 heavy (non-hydrogen) atoms. The molecule has 1 aromatic carbocycles. The van der Waals surface area contributed by atoms with E-state index < -0.39 is 44.4 Å². The summed E-state index contributed by atoms with van der Waals surface area (Å²) in [5, 5.41) is 1.53. The van der Waals surface area contributed by atoms with Crippen molar-refractivity contribution in [2.75, 3.05) is 18.4 Å². The fourth-order valence-electron chi connectivity index (χ4n) is 2.42. The van der Waals surface area contributed by atoms with Crippen molar-refractivity contribution in [1.29, 1.82) is 0 Å². The molecule has 0 radical (unpaired) electrons. The lowest BCUT2D eigenvalue weighted by molar-refractivity contribution is 0.192. The van der Waals surface area contributed by atoms with E-state index in [-0.39, 0.29) is 19.1 Å². The molecule has 0 unspecified atom stereocenters. The molecule has 0 aliphatic carbocycles. The van der Waals surface area contributed by atoms with Crippen molar-refractivity contribution in [3.8, 4) is 0 Å². The number of nitrogens with one attached hydrogen (secondary N) is 2. The Balaban J connectivity index is 1.94. The van der Waals surface area contributed by atoms with E-state index in [4.69, 9.17) is 0 Å². The molecule has 2 N–H and O–H groups in total. The summed E-state index contributed by atoms with van der Waals surface area (Å²) in [4.78, 5) is 13.4. The van der Waals surface area contributed by atoms with E-state index in [0.717, 1.165) is 0 Å². The zero-order valence-corrected chi connectivity index (χ0v) is 14.7. The molecule has 0 bridgehead atoms. The molecule has 1 fully saturated rings. The molecular weight excluding hydrogens is 359 g/mol. The summed E-state index contributed by atoms with van der Waals surface area (Å²) >= 11 is 0. The maximum absolute atomic E-state index is 13.6. The van der Waals surface area contributed by atoms with Crippen LogP contribution in [-0.2, 0) is 10.0 Å². The van der Waals surface area contributed by atoms with Gasteiger partial charge >= 0.3 is 6.03 Å². The zero-order chi connectivity index (χ0) is 18.8. The summed E-state index contributed by atoms with van der Waals surface area (Å²) in [7, 11) is -3.40. The van der Waals surface area contributed by atoms with Crippen LogP contribution in [0.5, 0.6) is 0 Å². The van der Waals surface area contributed by atoms with E-state index in [1.807, 2.05) is 0 Å². The fraction of sp³-hybridized carbons (Fsp3) is 0.533. The van der Waals surface area contributed by atoms with Gasteiger partial charge in [-0.2, -0.15) is 0 Å². The molecular formula is C15H20F3N3O3S. The van der Waals surface area contributed by atoms with Gasteiger partial charge in [0.2, 0.25) is 10.0 Å². The first-order valence-electron chi connectivity index (χ1n) is 7.81. The minimum absolute atomic E-state index is 0.224. The molecule has 0 spiro atoms. The topological polar surface area (TPSA) is 78.5 Å². The summed E-state index contributed by atoms with van der Waals surface area (Å²) in [6, 6.07) is -0.0673. The Labute approximate surface area is 144 Å². The van der Waals surface area contributed by atoms with Gasteiger partial charge in [-0.3, -0.25) is 0 Å². The van der Waals surface area contributed by atoms with Crippen molar-refractivity contribution in [3.63, 3.8) is 0 Å². The molecule has 0 aromatic heterocycles. The average Bonchev–Trinajstić information content (AvgIpc) is 2.50. The van der Waals surface area contributed by atoms with Gasteiger partial charge in [-0.05, 0) is 26.7 Å². The van der Waals surface area contributed by atoms with Crippen LogP contribution in [0.1, 0.15) is 26.7 Å². The minimum atomic E-state index is -3.40. The zero-order valence-electron chi connectivity index (χ0n) is 13.9. The number of nitrogens with zero attached hydrogens (tertiary/aromatic N) is 1. The van der Waals surface area contributed by atoms with Crippen LogP contribution in [-0.4, -0.2) is 43.7 Å². The monoisotopic (exact) mass is 379 g/mol. The van der Waals surface area contributed by atoms with Crippen LogP contribution in [0.15, 0.2) is 12.1 Å². The van der Waals surface area contributed by atoms with Gasteiger partial charge in [0.25, 0.3) is 0 Å². The minimum Gasteiger partial charge on any atom is -0.324 e. The van der Waals surface area contributed by atoms with Gasteiger partial charge in [0.15, 0.2) is 11.6 Å². The third-order valence-corrected chi connectivity index (χ3v) is 5.88. The number of rotatable bonds is 4. The normalized spacial score (nSPS) is 16.3. The quantitative estimate of drug-likeness (QED) is 0.843. The second kappa shape index (κ2) is 7.61. The average molecular weight is 379 g/mol. The van der Waals surface area contributed by atoms with E-state index in [1.165, 1.54) is 4.90 Å². The molecule has 6 nitrogen and oxygen atoms in total. The number of sulfonamides is 1. The number of carbonyl (C=O) groups excluding carboxylic acids is 1. The Hall–Kier alpha value is -1.81.